The van der Waals surface area contributed by atoms with Gasteiger partial charge in [0.2, 0.25) is 0 Å². The number of carbonyl (C=O) groups is 1. The number of hydrogen-bond donors (Lipinski definition) is 3. The summed E-state index contributed by atoms with van der Waals surface area (Å²) in [6, 6.07) is 4.55. The minimum atomic E-state index is -0.992. The highest BCUT2D eigenvalue weighted by molar-refractivity contribution is 5.99. The first-order chi connectivity index (χ1) is 8.11. The molecule has 0 aromatic heterocycles. The number of amidine groups is 1. The van der Waals surface area contributed by atoms with Crippen LogP contribution in [0.4, 0.5) is 5.69 Å². The number of ether oxygens (including phenoxy) is 1. The summed E-state index contributed by atoms with van der Waals surface area (Å²) in [5, 5.41) is 19.6. The molecule has 0 bridgehead atoms. The van der Waals surface area contributed by atoms with Gasteiger partial charge in [0.25, 0.3) is 0 Å². The van der Waals surface area contributed by atoms with Crippen molar-refractivity contribution >= 4 is 17.5 Å². The molecule has 5 nitrogen and oxygen atoms in total. The molecule has 1 aliphatic carbocycles. The molecule has 2 rings (SSSR count). The normalized spacial score (nSPS) is 14.2. The highest BCUT2D eigenvalue weighted by Gasteiger charge is 2.27. The number of nitrogens with one attached hydrogen (secondary N) is 2. The van der Waals surface area contributed by atoms with Gasteiger partial charge in [0.05, 0.1) is 18.4 Å². The number of carboxylic acids is 1. The molecule has 3 N–H and O–H groups in total. The number of carboxylic acid groups (broad SMARTS) is 1. The Morgan fingerprint density at radius 3 is 2.76 bits per heavy atom. The van der Waals surface area contributed by atoms with Crippen molar-refractivity contribution in [1.82, 2.24) is 0 Å². The number of aromatic carboxylic acids is 1. The van der Waals surface area contributed by atoms with Crippen LogP contribution in [-0.2, 0) is 0 Å². The molecule has 1 aromatic carbocycles. The highest BCUT2D eigenvalue weighted by Crippen LogP contribution is 2.32. The van der Waals surface area contributed by atoms with Crippen molar-refractivity contribution in [2.75, 3.05) is 12.4 Å². The average molecular weight is 234 g/mol. The standard InChI is InChI=1S/C12H14N2O3/c1-17-10-5-4-8(12(15)16)6-9(10)14-11(13)7-2-3-7/h4-7H,2-3H2,1H3,(H2,13,14)(H,15,16). The summed E-state index contributed by atoms with van der Waals surface area (Å²) >= 11 is 0. The third-order valence-corrected chi connectivity index (χ3v) is 2.70. The molecule has 0 saturated heterocycles. The maximum Gasteiger partial charge on any atom is 0.335 e. The van der Waals surface area contributed by atoms with Gasteiger partial charge in [-0.1, -0.05) is 0 Å². The van der Waals surface area contributed by atoms with Gasteiger partial charge in [-0.2, -0.15) is 0 Å². The van der Waals surface area contributed by atoms with E-state index in [0.717, 1.165) is 12.8 Å². The average Bonchev–Trinajstić information content (AvgIpc) is 3.12. The molecule has 1 saturated carbocycles. The van der Waals surface area contributed by atoms with Crippen molar-refractivity contribution < 1.29 is 14.6 Å². The third-order valence-electron chi connectivity index (χ3n) is 2.70. The Kier molecular flexibility index (Phi) is 2.99. The van der Waals surface area contributed by atoms with E-state index in [-0.39, 0.29) is 11.5 Å². The van der Waals surface area contributed by atoms with Gasteiger partial charge in [-0.3, -0.25) is 5.41 Å². The van der Waals surface area contributed by atoms with E-state index in [4.69, 9.17) is 15.3 Å². The molecular formula is C12H14N2O3. The number of rotatable bonds is 4. The summed E-state index contributed by atoms with van der Waals surface area (Å²) < 4.78 is 5.13. The van der Waals surface area contributed by atoms with Crippen molar-refractivity contribution in [1.29, 1.82) is 5.41 Å². The second-order valence-corrected chi connectivity index (χ2v) is 4.03. The van der Waals surface area contributed by atoms with Gasteiger partial charge >= 0.3 is 5.97 Å². The van der Waals surface area contributed by atoms with Gasteiger partial charge in [0.1, 0.15) is 11.6 Å². The number of methoxy groups -OCH3 is 1. The van der Waals surface area contributed by atoms with Gasteiger partial charge in [0.15, 0.2) is 0 Å². The van der Waals surface area contributed by atoms with Crippen molar-refractivity contribution in [2.45, 2.75) is 12.8 Å². The molecule has 1 aliphatic rings. The molecule has 0 radical (unpaired) electrons. The van der Waals surface area contributed by atoms with Gasteiger partial charge in [-0.05, 0) is 31.0 Å². The summed E-state index contributed by atoms with van der Waals surface area (Å²) in [4.78, 5) is 10.9. The summed E-state index contributed by atoms with van der Waals surface area (Å²) in [5.74, 6) is 0.257. The first-order valence-corrected chi connectivity index (χ1v) is 5.38. The lowest BCUT2D eigenvalue weighted by Crippen LogP contribution is -2.13. The largest absolute Gasteiger partial charge is 0.495 e. The fourth-order valence-electron chi connectivity index (χ4n) is 1.56. The van der Waals surface area contributed by atoms with E-state index < -0.39 is 5.97 Å². The Balaban J connectivity index is 2.24. The molecule has 0 aliphatic heterocycles. The number of hydrogen-bond acceptors (Lipinski definition) is 3. The zero-order valence-electron chi connectivity index (χ0n) is 9.49. The zero-order valence-corrected chi connectivity index (χ0v) is 9.49. The van der Waals surface area contributed by atoms with Crippen LogP contribution < -0.4 is 10.1 Å². The topological polar surface area (TPSA) is 82.4 Å². The molecule has 0 spiro atoms. The molecule has 0 unspecified atom stereocenters. The van der Waals surface area contributed by atoms with Crippen molar-refractivity contribution in [2.24, 2.45) is 5.92 Å². The first-order valence-electron chi connectivity index (χ1n) is 5.38. The Bertz CT molecular complexity index is 467. The van der Waals surface area contributed by atoms with Gasteiger partial charge in [-0.15, -0.1) is 0 Å². The molecule has 1 aromatic rings. The quantitative estimate of drug-likeness (QED) is 0.551. The van der Waals surface area contributed by atoms with Crippen LogP contribution in [0.5, 0.6) is 5.75 Å². The molecule has 17 heavy (non-hydrogen) atoms. The van der Waals surface area contributed by atoms with E-state index in [0.29, 0.717) is 17.3 Å². The van der Waals surface area contributed by atoms with Gasteiger partial charge < -0.3 is 15.2 Å². The van der Waals surface area contributed by atoms with Gasteiger partial charge in [0, 0.05) is 5.92 Å². The zero-order chi connectivity index (χ0) is 12.4. The predicted molar refractivity (Wildman–Crippen MR) is 64.0 cm³/mol. The van der Waals surface area contributed by atoms with Crippen LogP contribution in [0.2, 0.25) is 0 Å². The van der Waals surface area contributed by atoms with Crippen molar-refractivity contribution in [3.63, 3.8) is 0 Å². The highest BCUT2D eigenvalue weighted by atomic mass is 16.5. The van der Waals surface area contributed by atoms with Crippen LogP contribution >= 0.6 is 0 Å². The minimum Gasteiger partial charge on any atom is -0.495 e. The summed E-state index contributed by atoms with van der Waals surface area (Å²) in [7, 11) is 1.52. The fraction of sp³-hybridized carbons (Fsp3) is 0.333. The summed E-state index contributed by atoms with van der Waals surface area (Å²) in [6.45, 7) is 0. The van der Waals surface area contributed by atoms with Crippen LogP contribution in [0.3, 0.4) is 0 Å². The maximum absolute atomic E-state index is 10.9. The lowest BCUT2D eigenvalue weighted by molar-refractivity contribution is 0.0697. The molecule has 0 atom stereocenters. The van der Waals surface area contributed by atoms with E-state index in [1.54, 1.807) is 6.07 Å². The molecule has 1 fully saturated rings. The molecule has 0 amide bonds. The van der Waals surface area contributed by atoms with E-state index in [9.17, 15) is 4.79 Å². The van der Waals surface area contributed by atoms with Gasteiger partial charge in [-0.25, -0.2) is 4.79 Å². The lowest BCUT2D eigenvalue weighted by Gasteiger charge is -2.12. The number of benzene rings is 1. The monoisotopic (exact) mass is 234 g/mol. The molecular weight excluding hydrogens is 220 g/mol. The van der Waals surface area contributed by atoms with E-state index in [2.05, 4.69) is 5.32 Å². The second-order valence-electron chi connectivity index (χ2n) is 4.03. The van der Waals surface area contributed by atoms with Crippen molar-refractivity contribution in [3.8, 4) is 5.75 Å². The maximum atomic E-state index is 10.9. The SMILES string of the molecule is COc1ccc(C(=O)O)cc1NC(=N)C1CC1. The second kappa shape index (κ2) is 4.45. The van der Waals surface area contributed by atoms with Crippen LogP contribution in [-0.4, -0.2) is 24.0 Å². The summed E-state index contributed by atoms with van der Waals surface area (Å²) in [5.41, 5.74) is 0.709. The molecule has 90 valence electrons. The summed E-state index contributed by atoms with van der Waals surface area (Å²) in [6.07, 6.45) is 2.04. The Morgan fingerprint density at radius 1 is 1.53 bits per heavy atom. The van der Waals surface area contributed by atoms with E-state index in [1.165, 1.54) is 19.2 Å². The Morgan fingerprint density at radius 2 is 2.24 bits per heavy atom. The number of anilines is 1. The van der Waals surface area contributed by atoms with E-state index in [1.807, 2.05) is 0 Å². The van der Waals surface area contributed by atoms with Crippen LogP contribution in [0.25, 0.3) is 0 Å². The van der Waals surface area contributed by atoms with Crippen molar-refractivity contribution in [3.05, 3.63) is 23.8 Å². The Hall–Kier alpha value is -2.04. The lowest BCUT2D eigenvalue weighted by atomic mass is 10.2. The third kappa shape index (κ3) is 2.55. The fourth-order valence-corrected chi connectivity index (χ4v) is 1.56. The first kappa shape index (κ1) is 11.4. The Labute approximate surface area is 98.9 Å². The predicted octanol–water partition coefficient (Wildman–Crippen LogP) is 2.19. The molecule has 0 heterocycles. The smallest absolute Gasteiger partial charge is 0.335 e. The van der Waals surface area contributed by atoms with Crippen LogP contribution in [0.1, 0.15) is 23.2 Å². The van der Waals surface area contributed by atoms with E-state index >= 15 is 0 Å². The van der Waals surface area contributed by atoms with Crippen LogP contribution in [0, 0.1) is 11.3 Å². The molecule has 5 heteroatoms. The minimum absolute atomic E-state index is 0.178. The van der Waals surface area contributed by atoms with Crippen LogP contribution in [0.15, 0.2) is 18.2 Å².